The van der Waals surface area contributed by atoms with E-state index in [-0.39, 0.29) is 28.7 Å². The maximum Gasteiger partial charge on any atom is 0.261 e. The van der Waals surface area contributed by atoms with Crippen molar-refractivity contribution in [3.8, 4) is 17.6 Å². The molecule has 1 aliphatic carbocycles. The SMILES string of the molecule is CCN(C)SNc1ccc(F)c(Oc2ccc3ncn(C4CCC5(CCNCC5)CC4)c(=O)c3c2)c1C#N. The van der Waals surface area contributed by atoms with Gasteiger partial charge in [-0.1, -0.05) is 6.92 Å². The van der Waals surface area contributed by atoms with E-state index in [0.717, 1.165) is 45.3 Å². The van der Waals surface area contributed by atoms with Gasteiger partial charge in [-0.25, -0.2) is 13.7 Å². The number of fused-ring (bicyclic) bond motifs is 1. The molecule has 0 unspecified atom stereocenters. The highest BCUT2D eigenvalue weighted by Crippen LogP contribution is 2.46. The van der Waals surface area contributed by atoms with Crippen molar-refractivity contribution in [2.75, 3.05) is 31.4 Å². The van der Waals surface area contributed by atoms with Crippen LogP contribution in [0, 0.1) is 22.6 Å². The second-order valence-electron chi connectivity index (χ2n) is 10.3. The van der Waals surface area contributed by atoms with Gasteiger partial charge in [-0.05, 0) is 94.4 Å². The van der Waals surface area contributed by atoms with Gasteiger partial charge < -0.3 is 14.8 Å². The monoisotopic (exact) mass is 536 g/mol. The number of piperidine rings is 1. The fourth-order valence-corrected chi connectivity index (χ4v) is 6.10. The van der Waals surface area contributed by atoms with E-state index in [4.69, 9.17) is 4.74 Å². The Bertz CT molecular complexity index is 1400. The molecule has 8 nitrogen and oxygen atoms in total. The summed E-state index contributed by atoms with van der Waals surface area (Å²) >= 11 is 1.30. The molecular weight excluding hydrogens is 503 g/mol. The van der Waals surface area contributed by atoms with Crippen molar-refractivity contribution in [1.29, 1.82) is 5.26 Å². The molecule has 0 amide bonds. The van der Waals surface area contributed by atoms with Gasteiger partial charge in [0, 0.05) is 24.7 Å². The number of aromatic nitrogens is 2. The van der Waals surface area contributed by atoms with Crippen LogP contribution < -0.4 is 20.3 Å². The summed E-state index contributed by atoms with van der Waals surface area (Å²) in [6, 6.07) is 9.87. The molecule has 10 heteroatoms. The number of benzene rings is 2. The Morgan fingerprint density at radius 2 is 2.03 bits per heavy atom. The number of rotatable bonds is 7. The summed E-state index contributed by atoms with van der Waals surface area (Å²) in [7, 11) is 1.90. The third-order valence-electron chi connectivity index (χ3n) is 8.03. The van der Waals surface area contributed by atoms with Crippen molar-refractivity contribution in [3.05, 3.63) is 58.4 Å². The molecule has 1 saturated carbocycles. The van der Waals surface area contributed by atoms with E-state index in [1.54, 1.807) is 29.1 Å². The van der Waals surface area contributed by atoms with E-state index in [1.807, 2.05) is 18.3 Å². The molecule has 1 aliphatic heterocycles. The zero-order chi connectivity index (χ0) is 26.7. The Labute approximate surface area is 226 Å². The highest BCUT2D eigenvalue weighted by atomic mass is 32.2. The molecule has 3 aromatic rings. The first-order chi connectivity index (χ1) is 18.4. The lowest BCUT2D eigenvalue weighted by molar-refractivity contribution is 0.107. The van der Waals surface area contributed by atoms with Crippen LogP contribution in [0.5, 0.6) is 11.5 Å². The highest BCUT2D eigenvalue weighted by molar-refractivity contribution is 7.98. The topological polar surface area (TPSA) is 95.2 Å². The summed E-state index contributed by atoms with van der Waals surface area (Å²) in [5.74, 6) is -0.559. The molecule has 2 heterocycles. The number of hydrogen-bond acceptors (Lipinski definition) is 8. The Morgan fingerprint density at radius 3 is 2.74 bits per heavy atom. The van der Waals surface area contributed by atoms with Gasteiger partial charge in [0.25, 0.3) is 5.56 Å². The fourth-order valence-electron chi connectivity index (χ4n) is 5.55. The van der Waals surface area contributed by atoms with Crippen LogP contribution >= 0.6 is 12.1 Å². The van der Waals surface area contributed by atoms with Crippen molar-refractivity contribution < 1.29 is 9.13 Å². The molecule has 2 aromatic carbocycles. The second-order valence-corrected chi connectivity index (χ2v) is 11.3. The fraction of sp³-hybridized carbons (Fsp3) is 0.464. The van der Waals surface area contributed by atoms with Crippen LogP contribution in [-0.2, 0) is 0 Å². The summed E-state index contributed by atoms with van der Waals surface area (Å²) in [6.45, 7) is 4.94. The van der Waals surface area contributed by atoms with Crippen molar-refractivity contribution in [2.45, 2.75) is 51.5 Å². The molecule has 1 saturated heterocycles. The Hall–Kier alpha value is -3.13. The number of anilines is 1. The molecule has 0 radical (unpaired) electrons. The largest absolute Gasteiger partial charge is 0.453 e. The van der Waals surface area contributed by atoms with E-state index in [2.05, 4.69) is 21.1 Å². The van der Waals surface area contributed by atoms with Crippen LogP contribution in [0.1, 0.15) is 57.1 Å². The van der Waals surface area contributed by atoms with Crippen LogP contribution in [0.3, 0.4) is 0 Å². The molecule has 200 valence electrons. The van der Waals surface area contributed by atoms with E-state index in [9.17, 15) is 14.4 Å². The summed E-state index contributed by atoms with van der Waals surface area (Å²) in [6.07, 6.45) is 8.24. The standard InChI is InChI=1S/C28H33FN6O2S/c1-3-34(2)38-33-25-7-5-23(29)26(22(25)17-30)37-20-4-6-24-21(16-20)27(36)35(18-32-24)19-8-10-28(11-9-19)12-14-31-15-13-28/h4-7,16,18-19,31,33H,3,8-15H2,1-2H3. The van der Waals surface area contributed by atoms with Gasteiger partial charge in [-0.2, -0.15) is 5.26 Å². The number of hydrogen-bond donors (Lipinski definition) is 2. The minimum absolute atomic E-state index is 0.0553. The quantitative estimate of drug-likeness (QED) is 0.376. The van der Waals surface area contributed by atoms with Crippen LogP contribution in [0.2, 0.25) is 0 Å². The smallest absolute Gasteiger partial charge is 0.261 e. The molecule has 0 bridgehead atoms. The summed E-state index contributed by atoms with van der Waals surface area (Å²) in [4.78, 5) is 18.1. The molecule has 1 spiro atoms. The van der Waals surface area contributed by atoms with E-state index in [0.29, 0.717) is 22.0 Å². The van der Waals surface area contributed by atoms with Crippen molar-refractivity contribution in [2.24, 2.45) is 5.41 Å². The molecule has 5 rings (SSSR count). The van der Waals surface area contributed by atoms with Gasteiger partial charge in [0.05, 0.1) is 22.9 Å². The Kier molecular flexibility index (Phi) is 7.88. The summed E-state index contributed by atoms with van der Waals surface area (Å²) < 4.78 is 27.5. The summed E-state index contributed by atoms with van der Waals surface area (Å²) in [5, 5.41) is 13.7. The van der Waals surface area contributed by atoms with Crippen molar-refractivity contribution in [1.82, 2.24) is 19.2 Å². The van der Waals surface area contributed by atoms with Gasteiger partial charge in [0.15, 0.2) is 11.6 Å². The van der Waals surface area contributed by atoms with Gasteiger partial charge in [-0.3, -0.25) is 9.36 Å². The van der Waals surface area contributed by atoms with Crippen molar-refractivity contribution in [3.63, 3.8) is 0 Å². The first-order valence-corrected chi connectivity index (χ1v) is 14.0. The van der Waals surface area contributed by atoms with E-state index < -0.39 is 5.82 Å². The predicted octanol–water partition coefficient (Wildman–Crippen LogP) is 5.61. The number of nitrogens with one attached hydrogen (secondary N) is 2. The second kappa shape index (κ2) is 11.3. The van der Waals surface area contributed by atoms with Gasteiger partial charge in [0.2, 0.25) is 0 Å². The maximum atomic E-state index is 14.8. The average molecular weight is 537 g/mol. The lowest BCUT2D eigenvalue weighted by Crippen LogP contribution is -2.40. The molecule has 0 atom stereocenters. The molecule has 38 heavy (non-hydrogen) atoms. The maximum absolute atomic E-state index is 14.8. The highest BCUT2D eigenvalue weighted by Gasteiger charge is 2.37. The van der Waals surface area contributed by atoms with E-state index in [1.165, 1.54) is 37.1 Å². The predicted molar refractivity (Wildman–Crippen MR) is 149 cm³/mol. The first-order valence-electron chi connectivity index (χ1n) is 13.2. The number of nitriles is 1. The van der Waals surface area contributed by atoms with Crippen LogP contribution in [0.25, 0.3) is 10.9 Å². The molecular formula is C28H33FN6O2S. The van der Waals surface area contributed by atoms with Gasteiger partial charge >= 0.3 is 0 Å². The van der Waals surface area contributed by atoms with Gasteiger partial charge in [-0.15, -0.1) is 0 Å². The number of halogens is 1. The minimum Gasteiger partial charge on any atom is -0.453 e. The zero-order valence-electron chi connectivity index (χ0n) is 21.8. The number of nitrogens with zero attached hydrogens (tertiary/aromatic N) is 4. The Morgan fingerprint density at radius 1 is 1.26 bits per heavy atom. The lowest BCUT2D eigenvalue weighted by Gasteiger charge is -2.43. The minimum atomic E-state index is -0.654. The average Bonchev–Trinajstić information content (AvgIpc) is 2.94. The molecule has 2 N–H and O–H groups in total. The Balaban J connectivity index is 1.40. The zero-order valence-corrected chi connectivity index (χ0v) is 22.6. The molecule has 2 aliphatic rings. The van der Waals surface area contributed by atoms with Gasteiger partial charge in [0.1, 0.15) is 17.4 Å². The lowest BCUT2D eigenvalue weighted by atomic mass is 9.67. The van der Waals surface area contributed by atoms with E-state index >= 15 is 0 Å². The summed E-state index contributed by atoms with van der Waals surface area (Å²) in [5.41, 5.74) is 1.34. The molecule has 1 aromatic heterocycles. The van der Waals surface area contributed by atoms with Crippen LogP contribution in [0.4, 0.5) is 10.1 Å². The number of ether oxygens (including phenoxy) is 1. The van der Waals surface area contributed by atoms with Crippen molar-refractivity contribution >= 4 is 28.7 Å². The first kappa shape index (κ1) is 26.5. The normalized spacial score (nSPS) is 17.6. The third kappa shape index (κ3) is 5.37. The molecule has 2 fully saturated rings. The van der Waals surface area contributed by atoms with Crippen LogP contribution in [-0.4, -0.2) is 40.5 Å². The third-order valence-corrected chi connectivity index (χ3v) is 8.91. The van der Waals surface area contributed by atoms with Crippen LogP contribution in [0.15, 0.2) is 41.5 Å².